The number of carboxylic acids is 1. The summed E-state index contributed by atoms with van der Waals surface area (Å²) >= 11 is 0. The molecule has 0 aliphatic heterocycles. The van der Waals surface area contributed by atoms with Crippen LogP contribution in [0.15, 0.2) is 15.8 Å². The van der Waals surface area contributed by atoms with Crippen LogP contribution in [0.2, 0.25) is 0 Å². The van der Waals surface area contributed by atoms with Gasteiger partial charge in [-0.15, -0.1) is 0 Å². The number of H-pyrrole nitrogens is 2. The number of hydrogen-bond acceptors (Lipinski definition) is 4. The average molecular weight is 281 g/mol. The van der Waals surface area contributed by atoms with Gasteiger partial charge in [-0.25, -0.2) is 4.79 Å². The SMILES string of the molecule is O=C(O)CN(C(=O)c1c[nH]c(=O)[nH]c1=O)C1CCCC1. The Morgan fingerprint density at radius 2 is 1.95 bits per heavy atom. The molecule has 0 saturated heterocycles. The molecule has 0 bridgehead atoms. The fraction of sp³-hybridized carbons (Fsp3) is 0.500. The maximum Gasteiger partial charge on any atom is 0.325 e. The standard InChI is InChI=1S/C12H15N3O5/c16-9(17)6-15(7-3-1-2-4-7)11(19)8-5-13-12(20)14-10(8)18/h5,7H,1-4,6H2,(H,16,17)(H2,13,14,18,20). The number of aromatic nitrogens is 2. The molecule has 1 aromatic heterocycles. The molecule has 1 aromatic rings. The molecule has 8 nitrogen and oxygen atoms in total. The zero-order valence-electron chi connectivity index (χ0n) is 10.7. The van der Waals surface area contributed by atoms with Crippen LogP contribution in [0.4, 0.5) is 0 Å². The summed E-state index contributed by atoms with van der Waals surface area (Å²) in [5.74, 6) is -1.80. The summed E-state index contributed by atoms with van der Waals surface area (Å²) in [6.07, 6.45) is 4.32. The zero-order valence-corrected chi connectivity index (χ0v) is 10.7. The van der Waals surface area contributed by atoms with E-state index in [0.717, 1.165) is 31.9 Å². The maximum absolute atomic E-state index is 12.3. The number of aromatic amines is 2. The van der Waals surface area contributed by atoms with Crippen LogP contribution in [0.5, 0.6) is 0 Å². The lowest BCUT2D eigenvalue weighted by atomic mass is 10.1. The second-order valence-corrected chi connectivity index (χ2v) is 4.75. The smallest absolute Gasteiger partial charge is 0.325 e. The molecule has 0 aromatic carbocycles. The first kappa shape index (κ1) is 14.0. The minimum absolute atomic E-state index is 0.176. The Morgan fingerprint density at radius 1 is 1.30 bits per heavy atom. The molecule has 1 heterocycles. The van der Waals surface area contributed by atoms with E-state index in [-0.39, 0.29) is 11.6 Å². The fourth-order valence-corrected chi connectivity index (χ4v) is 2.45. The molecule has 0 atom stereocenters. The van der Waals surface area contributed by atoms with E-state index < -0.39 is 29.7 Å². The van der Waals surface area contributed by atoms with Crippen molar-refractivity contribution < 1.29 is 14.7 Å². The summed E-state index contributed by atoms with van der Waals surface area (Å²) in [6, 6.07) is -0.176. The van der Waals surface area contributed by atoms with E-state index in [1.807, 2.05) is 4.98 Å². The van der Waals surface area contributed by atoms with Crippen molar-refractivity contribution in [2.75, 3.05) is 6.54 Å². The zero-order chi connectivity index (χ0) is 14.7. The van der Waals surface area contributed by atoms with Crippen LogP contribution in [-0.4, -0.2) is 44.4 Å². The topological polar surface area (TPSA) is 123 Å². The van der Waals surface area contributed by atoms with Gasteiger partial charge in [0.1, 0.15) is 12.1 Å². The van der Waals surface area contributed by atoms with Gasteiger partial charge in [0.15, 0.2) is 0 Å². The van der Waals surface area contributed by atoms with Gasteiger partial charge in [-0.1, -0.05) is 12.8 Å². The first-order chi connectivity index (χ1) is 9.49. The number of nitrogens with zero attached hydrogens (tertiary/aromatic N) is 1. The highest BCUT2D eigenvalue weighted by atomic mass is 16.4. The highest BCUT2D eigenvalue weighted by molar-refractivity contribution is 5.95. The van der Waals surface area contributed by atoms with E-state index in [2.05, 4.69) is 4.98 Å². The van der Waals surface area contributed by atoms with E-state index in [1.54, 1.807) is 0 Å². The van der Waals surface area contributed by atoms with Crippen LogP contribution in [-0.2, 0) is 4.79 Å². The van der Waals surface area contributed by atoms with Crippen LogP contribution < -0.4 is 11.2 Å². The summed E-state index contributed by atoms with van der Waals surface area (Å²) in [5.41, 5.74) is -1.78. The Kier molecular flexibility index (Phi) is 4.02. The number of nitrogens with one attached hydrogen (secondary N) is 2. The fourth-order valence-electron chi connectivity index (χ4n) is 2.45. The van der Waals surface area contributed by atoms with Crippen LogP contribution in [0.25, 0.3) is 0 Å². The summed E-state index contributed by atoms with van der Waals surface area (Å²) in [4.78, 5) is 51.1. The predicted octanol–water partition coefficient (Wildman–Crippen LogP) is -0.467. The third-order valence-electron chi connectivity index (χ3n) is 3.38. The first-order valence-corrected chi connectivity index (χ1v) is 6.34. The Bertz CT molecular complexity index is 626. The molecular weight excluding hydrogens is 266 g/mol. The Balaban J connectivity index is 2.31. The summed E-state index contributed by atoms with van der Waals surface area (Å²) in [7, 11) is 0. The minimum Gasteiger partial charge on any atom is -0.480 e. The second kappa shape index (κ2) is 5.72. The molecule has 2 rings (SSSR count). The van der Waals surface area contributed by atoms with Crippen molar-refractivity contribution in [1.29, 1.82) is 0 Å². The first-order valence-electron chi connectivity index (χ1n) is 6.34. The molecule has 0 unspecified atom stereocenters. The van der Waals surface area contributed by atoms with E-state index >= 15 is 0 Å². The van der Waals surface area contributed by atoms with Gasteiger partial charge in [0, 0.05) is 12.2 Å². The molecule has 0 radical (unpaired) electrons. The quantitative estimate of drug-likeness (QED) is 0.688. The largest absolute Gasteiger partial charge is 0.480 e. The van der Waals surface area contributed by atoms with Crippen molar-refractivity contribution in [3.63, 3.8) is 0 Å². The summed E-state index contributed by atoms with van der Waals surface area (Å²) < 4.78 is 0. The maximum atomic E-state index is 12.3. The van der Waals surface area contributed by atoms with Crippen molar-refractivity contribution >= 4 is 11.9 Å². The van der Waals surface area contributed by atoms with Gasteiger partial charge < -0.3 is 15.0 Å². The molecule has 3 N–H and O–H groups in total. The molecule has 1 saturated carbocycles. The lowest BCUT2D eigenvalue weighted by Crippen LogP contribution is -2.44. The highest BCUT2D eigenvalue weighted by Gasteiger charge is 2.30. The van der Waals surface area contributed by atoms with Gasteiger partial charge in [0.25, 0.3) is 11.5 Å². The number of aliphatic carboxylic acids is 1. The van der Waals surface area contributed by atoms with Gasteiger partial charge in [0.05, 0.1) is 0 Å². The van der Waals surface area contributed by atoms with Crippen molar-refractivity contribution in [1.82, 2.24) is 14.9 Å². The second-order valence-electron chi connectivity index (χ2n) is 4.75. The number of hydrogen-bond donors (Lipinski definition) is 3. The van der Waals surface area contributed by atoms with Gasteiger partial charge >= 0.3 is 11.7 Å². The number of carboxylic acid groups (broad SMARTS) is 1. The molecule has 1 aliphatic rings. The number of carbonyl (C=O) groups is 2. The Morgan fingerprint density at radius 3 is 2.50 bits per heavy atom. The van der Waals surface area contributed by atoms with Crippen molar-refractivity contribution in [3.05, 3.63) is 32.6 Å². The van der Waals surface area contributed by atoms with Crippen molar-refractivity contribution in [2.24, 2.45) is 0 Å². The minimum atomic E-state index is -1.13. The van der Waals surface area contributed by atoms with Crippen LogP contribution in [0, 0.1) is 0 Å². The van der Waals surface area contributed by atoms with E-state index in [9.17, 15) is 19.2 Å². The molecule has 1 aliphatic carbocycles. The third kappa shape index (κ3) is 2.95. The molecule has 108 valence electrons. The lowest BCUT2D eigenvalue weighted by Gasteiger charge is -2.26. The Labute approximate surface area is 113 Å². The number of rotatable bonds is 4. The summed E-state index contributed by atoms with van der Waals surface area (Å²) in [6.45, 7) is -0.456. The molecule has 1 amide bonds. The van der Waals surface area contributed by atoms with E-state index in [1.165, 1.54) is 4.90 Å². The monoisotopic (exact) mass is 281 g/mol. The van der Waals surface area contributed by atoms with E-state index in [0.29, 0.717) is 0 Å². The molecule has 8 heteroatoms. The van der Waals surface area contributed by atoms with Crippen LogP contribution in [0.3, 0.4) is 0 Å². The molecular formula is C12H15N3O5. The van der Waals surface area contributed by atoms with Crippen LogP contribution in [0.1, 0.15) is 36.0 Å². The summed E-state index contributed by atoms with van der Waals surface area (Å²) in [5, 5.41) is 8.92. The molecule has 20 heavy (non-hydrogen) atoms. The lowest BCUT2D eigenvalue weighted by molar-refractivity contribution is -0.138. The number of carbonyl (C=O) groups excluding carboxylic acids is 1. The highest BCUT2D eigenvalue weighted by Crippen LogP contribution is 2.24. The normalized spacial score (nSPS) is 15.2. The average Bonchev–Trinajstić information content (AvgIpc) is 2.88. The van der Waals surface area contributed by atoms with Gasteiger partial charge in [0.2, 0.25) is 0 Å². The molecule has 1 fully saturated rings. The van der Waals surface area contributed by atoms with Crippen molar-refractivity contribution in [3.8, 4) is 0 Å². The molecule has 0 spiro atoms. The third-order valence-corrected chi connectivity index (χ3v) is 3.38. The number of amides is 1. The predicted molar refractivity (Wildman–Crippen MR) is 68.6 cm³/mol. The van der Waals surface area contributed by atoms with Crippen molar-refractivity contribution in [2.45, 2.75) is 31.7 Å². The van der Waals surface area contributed by atoms with Crippen LogP contribution >= 0.6 is 0 Å². The van der Waals surface area contributed by atoms with E-state index in [4.69, 9.17) is 5.11 Å². The van der Waals surface area contributed by atoms with Gasteiger partial charge in [-0.3, -0.25) is 19.4 Å². The Hall–Kier alpha value is -2.38. The van der Waals surface area contributed by atoms with Gasteiger partial charge in [-0.2, -0.15) is 0 Å². The van der Waals surface area contributed by atoms with Gasteiger partial charge in [-0.05, 0) is 12.8 Å².